The van der Waals surface area contributed by atoms with Gasteiger partial charge in [0.2, 0.25) is 0 Å². The molecule has 0 N–H and O–H groups in total. The van der Waals surface area contributed by atoms with Crippen LogP contribution in [0.2, 0.25) is 0 Å². The molecular formula is C26H20O5. The van der Waals surface area contributed by atoms with Crippen molar-refractivity contribution in [2.75, 3.05) is 13.7 Å². The molecule has 0 spiro atoms. The average molecular weight is 412 g/mol. The van der Waals surface area contributed by atoms with Crippen LogP contribution < -0.4 is 9.47 Å². The van der Waals surface area contributed by atoms with Crippen LogP contribution in [0.1, 0.15) is 20.7 Å². The molecule has 0 saturated carbocycles. The Hall–Kier alpha value is -4.12. The second kappa shape index (κ2) is 9.13. The fourth-order valence-corrected chi connectivity index (χ4v) is 3.16. The van der Waals surface area contributed by atoms with Gasteiger partial charge in [0.15, 0.2) is 12.4 Å². The second-order valence-electron chi connectivity index (χ2n) is 6.84. The van der Waals surface area contributed by atoms with E-state index in [4.69, 9.17) is 14.2 Å². The molecule has 0 amide bonds. The third-order valence-electron chi connectivity index (χ3n) is 4.78. The summed E-state index contributed by atoms with van der Waals surface area (Å²) in [5.41, 5.74) is 0.726. The average Bonchev–Trinajstić information content (AvgIpc) is 2.82. The molecule has 0 fully saturated rings. The van der Waals surface area contributed by atoms with E-state index in [-0.39, 0.29) is 18.0 Å². The van der Waals surface area contributed by atoms with Gasteiger partial charge in [-0.15, -0.1) is 0 Å². The molecule has 0 aliphatic rings. The summed E-state index contributed by atoms with van der Waals surface area (Å²) < 4.78 is 16.3. The summed E-state index contributed by atoms with van der Waals surface area (Å²) in [5, 5.41) is 1.86. The minimum absolute atomic E-state index is 0.254. The first-order valence-electron chi connectivity index (χ1n) is 9.74. The molecule has 31 heavy (non-hydrogen) atoms. The highest BCUT2D eigenvalue weighted by Gasteiger charge is 2.17. The summed E-state index contributed by atoms with van der Waals surface area (Å²) in [5.74, 6) is 0.812. The number of hydrogen-bond donors (Lipinski definition) is 0. The molecule has 0 aromatic heterocycles. The van der Waals surface area contributed by atoms with E-state index < -0.39 is 5.97 Å². The third-order valence-corrected chi connectivity index (χ3v) is 4.78. The van der Waals surface area contributed by atoms with Gasteiger partial charge in [0.1, 0.15) is 22.8 Å². The van der Waals surface area contributed by atoms with Gasteiger partial charge in [0, 0.05) is 5.56 Å². The number of carbonyl (C=O) groups excluding carboxylic acids is 2. The lowest BCUT2D eigenvalue weighted by molar-refractivity contribution is 0.0472. The minimum Gasteiger partial charge on any atom is -0.497 e. The van der Waals surface area contributed by atoms with Gasteiger partial charge in [-0.2, -0.15) is 0 Å². The number of ketones is 1. The summed E-state index contributed by atoms with van der Waals surface area (Å²) in [7, 11) is 1.61. The molecule has 4 rings (SSSR count). The van der Waals surface area contributed by atoms with E-state index in [1.54, 1.807) is 55.6 Å². The van der Waals surface area contributed by atoms with Gasteiger partial charge < -0.3 is 14.2 Å². The van der Waals surface area contributed by atoms with Gasteiger partial charge in [0.25, 0.3) is 0 Å². The van der Waals surface area contributed by atoms with Crippen molar-refractivity contribution >= 4 is 22.5 Å². The molecule has 154 valence electrons. The number of Topliss-reactive ketones (excluding diaryl/α,β-unsaturated/α-hetero) is 1. The molecule has 0 aliphatic carbocycles. The second-order valence-corrected chi connectivity index (χ2v) is 6.84. The summed E-state index contributed by atoms with van der Waals surface area (Å²) in [6, 6.07) is 26.9. The van der Waals surface area contributed by atoms with Crippen LogP contribution in [-0.2, 0) is 4.74 Å². The van der Waals surface area contributed by atoms with Crippen LogP contribution in [0.15, 0.2) is 91.0 Å². The fourth-order valence-electron chi connectivity index (χ4n) is 3.16. The van der Waals surface area contributed by atoms with Gasteiger partial charge >= 0.3 is 5.97 Å². The summed E-state index contributed by atoms with van der Waals surface area (Å²) >= 11 is 0. The zero-order valence-electron chi connectivity index (χ0n) is 16.9. The number of ether oxygens (including phenoxy) is 3. The van der Waals surface area contributed by atoms with Gasteiger partial charge in [-0.3, -0.25) is 4.79 Å². The van der Waals surface area contributed by atoms with E-state index >= 15 is 0 Å². The summed E-state index contributed by atoms with van der Waals surface area (Å²) in [6.07, 6.45) is 0. The van der Waals surface area contributed by atoms with E-state index in [2.05, 4.69) is 0 Å². The van der Waals surface area contributed by atoms with Gasteiger partial charge in [0.05, 0.1) is 7.11 Å². The van der Waals surface area contributed by atoms with Gasteiger partial charge in [-0.05, 0) is 53.2 Å². The Morgan fingerprint density at radius 2 is 1.45 bits per heavy atom. The predicted octanol–water partition coefficient (Wildman–Crippen LogP) is 5.68. The molecule has 0 bridgehead atoms. The highest BCUT2D eigenvalue weighted by atomic mass is 16.5. The Bertz CT molecular complexity index is 1230. The molecule has 0 unspecified atom stereocenters. The number of methoxy groups -OCH3 is 1. The largest absolute Gasteiger partial charge is 0.497 e. The van der Waals surface area contributed by atoms with Crippen molar-refractivity contribution in [1.82, 2.24) is 0 Å². The quantitative estimate of drug-likeness (QED) is 0.289. The van der Waals surface area contributed by atoms with Gasteiger partial charge in [-0.25, -0.2) is 4.79 Å². The first-order valence-corrected chi connectivity index (χ1v) is 9.74. The number of esters is 1. The molecule has 5 nitrogen and oxygen atoms in total. The third kappa shape index (κ3) is 4.73. The molecule has 0 radical (unpaired) electrons. The van der Waals surface area contributed by atoms with Crippen molar-refractivity contribution in [1.29, 1.82) is 0 Å². The lowest BCUT2D eigenvalue weighted by Crippen LogP contribution is -2.14. The first-order chi connectivity index (χ1) is 15.1. The normalized spacial score (nSPS) is 10.5. The number of para-hydroxylation sites is 2. The molecule has 5 heteroatoms. The highest BCUT2D eigenvalue weighted by molar-refractivity contribution is 6.02. The van der Waals surface area contributed by atoms with Crippen molar-refractivity contribution in [3.8, 4) is 17.2 Å². The van der Waals surface area contributed by atoms with Crippen molar-refractivity contribution in [3.63, 3.8) is 0 Å². The van der Waals surface area contributed by atoms with Crippen molar-refractivity contribution in [2.45, 2.75) is 0 Å². The fraction of sp³-hybridized carbons (Fsp3) is 0.0769. The number of carbonyl (C=O) groups is 2. The van der Waals surface area contributed by atoms with E-state index in [1.165, 1.54) is 0 Å². The summed E-state index contributed by atoms with van der Waals surface area (Å²) in [4.78, 5) is 25.2. The molecule has 0 heterocycles. The lowest BCUT2D eigenvalue weighted by Gasteiger charge is -2.11. The number of benzene rings is 4. The zero-order valence-corrected chi connectivity index (χ0v) is 16.9. The standard InChI is InChI=1S/C26H20O5/c1-29-22-14-13-18-15-20(12-11-19(18)16-22)24(27)17-30-26(28)23-9-5-6-10-25(23)31-21-7-3-2-4-8-21/h2-16H,17H2,1H3. The Morgan fingerprint density at radius 1 is 0.742 bits per heavy atom. The molecule has 0 saturated heterocycles. The molecule has 0 atom stereocenters. The lowest BCUT2D eigenvalue weighted by atomic mass is 10.0. The van der Waals surface area contributed by atoms with Crippen LogP contribution in [0.5, 0.6) is 17.2 Å². The van der Waals surface area contributed by atoms with Crippen molar-refractivity contribution < 1.29 is 23.8 Å². The number of fused-ring (bicyclic) bond motifs is 1. The highest BCUT2D eigenvalue weighted by Crippen LogP contribution is 2.26. The van der Waals surface area contributed by atoms with Crippen molar-refractivity contribution in [3.05, 3.63) is 102 Å². The molecular weight excluding hydrogens is 392 g/mol. The van der Waals surface area contributed by atoms with E-state index in [1.807, 2.05) is 42.5 Å². The maximum atomic E-state index is 12.6. The van der Waals surface area contributed by atoms with E-state index in [9.17, 15) is 9.59 Å². The maximum absolute atomic E-state index is 12.6. The molecule has 4 aromatic carbocycles. The van der Waals surface area contributed by atoms with Crippen LogP contribution in [-0.4, -0.2) is 25.5 Å². The predicted molar refractivity (Wildman–Crippen MR) is 118 cm³/mol. The van der Waals surface area contributed by atoms with E-state index in [0.29, 0.717) is 17.1 Å². The Balaban J connectivity index is 1.45. The van der Waals surface area contributed by atoms with Crippen LogP contribution in [0.4, 0.5) is 0 Å². The monoisotopic (exact) mass is 412 g/mol. The Kier molecular flexibility index (Phi) is 5.94. The number of hydrogen-bond acceptors (Lipinski definition) is 5. The summed E-state index contributed by atoms with van der Waals surface area (Å²) in [6.45, 7) is -0.361. The van der Waals surface area contributed by atoms with E-state index in [0.717, 1.165) is 16.5 Å². The van der Waals surface area contributed by atoms with Crippen LogP contribution in [0.25, 0.3) is 10.8 Å². The van der Waals surface area contributed by atoms with Crippen LogP contribution in [0, 0.1) is 0 Å². The minimum atomic E-state index is -0.620. The topological polar surface area (TPSA) is 61.8 Å². The zero-order chi connectivity index (χ0) is 21.6. The number of rotatable bonds is 7. The maximum Gasteiger partial charge on any atom is 0.342 e. The SMILES string of the molecule is COc1ccc2cc(C(=O)COC(=O)c3ccccc3Oc3ccccc3)ccc2c1. The molecule has 4 aromatic rings. The smallest absolute Gasteiger partial charge is 0.342 e. The Labute approximate surface area is 179 Å². The van der Waals surface area contributed by atoms with Gasteiger partial charge in [-0.1, -0.05) is 48.5 Å². The van der Waals surface area contributed by atoms with Crippen LogP contribution >= 0.6 is 0 Å². The first kappa shape index (κ1) is 20.2. The Morgan fingerprint density at radius 3 is 2.26 bits per heavy atom. The van der Waals surface area contributed by atoms with Crippen molar-refractivity contribution in [2.24, 2.45) is 0 Å². The molecule has 0 aliphatic heterocycles. The van der Waals surface area contributed by atoms with Crippen LogP contribution in [0.3, 0.4) is 0 Å².